The maximum absolute atomic E-state index is 11.5. The highest BCUT2D eigenvalue weighted by Crippen LogP contribution is 2.44. The number of hydrogen-bond acceptors (Lipinski definition) is 16. The number of thiazole rings is 2. The number of carbonyl (C=O) groups is 2. The fourth-order valence-electron chi connectivity index (χ4n) is 13.6. The van der Waals surface area contributed by atoms with Gasteiger partial charge in [0.05, 0.1) is 59.1 Å². The highest BCUT2D eigenvalue weighted by atomic mass is 32.1. The van der Waals surface area contributed by atoms with E-state index in [1.807, 2.05) is 42.5 Å². The van der Waals surface area contributed by atoms with Crippen LogP contribution in [-0.4, -0.2) is 94.1 Å². The zero-order chi connectivity index (χ0) is 63.7. The van der Waals surface area contributed by atoms with E-state index in [0.29, 0.717) is 69.2 Å². The number of aliphatic hydroxyl groups is 6. The lowest BCUT2D eigenvalue weighted by atomic mass is 9.77. The van der Waals surface area contributed by atoms with E-state index in [1.165, 1.54) is 40.7 Å². The minimum Gasteiger partial charge on any atom is -0.388 e. The first-order chi connectivity index (χ1) is 41.2. The minimum absolute atomic E-state index is 0.00676. The van der Waals surface area contributed by atoms with Crippen LogP contribution in [0, 0.1) is 71.0 Å². The van der Waals surface area contributed by atoms with Crippen LogP contribution in [0.25, 0.3) is 0 Å². The number of aliphatic hydroxyl groups excluding tert-OH is 6. The number of amides is 1. The Balaban J connectivity index is 0.000000149. The van der Waals surface area contributed by atoms with Gasteiger partial charge in [0.25, 0.3) is 5.91 Å². The molecule has 0 fully saturated rings. The molecule has 12 rings (SSSR count). The number of nitrogens with one attached hydrogen (secondary N) is 2. The van der Waals surface area contributed by atoms with Crippen LogP contribution in [0.2, 0.25) is 0 Å². The molecular weight excluding hydrogens is 1140 g/mol. The van der Waals surface area contributed by atoms with Crippen molar-refractivity contribution in [1.29, 1.82) is 0 Å². The molecule has 20 heteroatoms. The number of H-pyrrole nitrogens is 1. The van der Waals surface area contributed by atoms with E-state index >= 15 is 0 Å². The summed E-state index contributed by atoms with van der Waals surface area (Å²) in [4.78, 5) is 37.6. The third kappa shape index (κ3) is 16.7. The number of aromatic nitrogens is 9. The van der Waals surface area contributed by atoms with Crippen LogP contribution >= 0.6 is 22.7 Å². The Kier molecular flexibility index (Phi) is 24.8. The Morgan fingerprint density at radius 3 is 1.61 bits per heavy atom. The van der Waals surface area contributed by atoms with Crippen molar-refractivity contribution >= 4 is 34.4 Å². The predicted molar refractivity (Wildman–Crippen MR) is 342 cm³/mol. The predicted octanol–water partition coefficient (Wildman–Crippen LogP) is 11.6. The van der Waals surface area contributed by atoms with Crippen molar-refractivity contribution in [2.75, 3.05) is 7.05 Å². The lowest BCUT2D eigenvalue weighted by Gasteiger charge is -2.32. The van der Waals surface area contributed by atoms with Crippen molar-refractivity contribution in [3.63, 3.8) is 0 Å². The summed E-state index contributed by atoms with van der Waals surface area (Å²) in [5, 5.41) is 79.7. The number of fused-ring (bicyclic) bond motifs is 6. The highest BCUT2D eigenvalue weighted by Gasteiger charge is 2.37. The topological polar surface area (TPSA) is 271 Å². The number of nitrogens with zero attached hydrogens (tertiary/aromatic N) is 8. The number of carbonyl (C=O) groups excluding carboxylic acids is 2. The zero-order valence-electron chi connectivity index (χ0n) is 54.3. The third-order valence-electron chi connectivity index (χ3n) is 19.2. The molecule has 480 valence electrons. The lowest BCUT2D eigenvalue weighted by molar-refractivity contribution is 0.0476. The minimum atomic E-state index is -0.520. The zero-order valence-corrected chi connectivity index (χ0v) is 55.9. The summed E-state index contributed by atoms with van der Waals surface area (Å²) < 4.78 is 3.71. The quantitative estimate of drug-likeness (QED) is 0.0659. The summed E-state index contributed by atoms with van der Waals surface area (Å²) in [6.07, 6.45) is 18.1. The Morgan fingerprint density at radius 1 is 0.575 bits per heavy atom. The summed E-state index contributed by atoms with van der Waals surface area (Å²) in [5.41, 5.74) is 8.99. The second-order valence-corrected chi connectivity index (χ2v) is 29.1. The summed E-state index contributed by atoms with van der Waals surface area (Å²) in [5.74, 6) is 4.95. The van der Waals surface area contributed by atoms with Crippen molar-refractivity contribution in [3.8, 4) is 0 Å². The number of pyridine rings is 1. The average Bonchev–Trinajstić information content (AvgIpc) is 2.44. The van der Waals surface area contributed by atoms with E-state index in [9.17, 15) is 40.2 Å². The van der Waals surface area contributed by atoms with Crippen LogP contribution in [-0.2, 0) is 45.7 Å². The van der Waals surface area contributed by atoms with Gasteiger partial charge in [0.2, 0.25) is 0 Å². The SMILES string of the molecule is CC(=O)c1nc2c(s1)CCC(C(C)C)C2O.CC(C)C1CCc2ccncc2C1O.CC(C)C1CCc2cn[nH]c2C1O.CC(C)C1CCc2nn(C)cc2C1O.CC(C)C1CCn2nccc2C1O.CNC(=O)c1nc2c(s1)CCC(C(C)C)C2O. The highest BCUT2D eigenvalue weighted by molar-refractivity contribution is 7.14. The molecule has 0 bridgehead atoms. The Morgan fingerprint density at radius 2 is 1.06 bits per heavy atom. The third-order valence-corrected chi connectivity index (χ3v) is 21.6. The molecule has 0 saturated heterocycles. The first-order valence-corrected chi connectivity index (χ1v) is 33.7. The van der Waals surface area contributed by atoms with E-state index in [-0.39, 0.29) is 47.9 Å². The van der Waals surface area contributed by atoms with E-state index in [1.54, 1.807) is 24.1 Å². The van der Waals surface area contributed by atoms with Crippen LogP contribution in [0.3, 0.4) is 0 Å². The molecule has 0 radical (unpaired) electrons. The van der Waals surface area contributed by atoms with Crippen molar-refractivity contribution in [2.24, 2.45) is 78.1 Å². The van der Waals surface area contributed by atoms with E-state index in [0.717, 1.165) is 127 Å². The molecular formula is C67H102N10O8S2. The molecule has 12 atom stereocenters. The van der Waals surface area contributed by atoms with Crippen molar-refractivity contribution in [1.82, 2.24) is 50.0 Å². The van der Waals surface area contributed by atoms with Gasteiger partial charge in [-0.05, 0) is 165 Å². The lowest BCUT2D eigenvalue weighted by Crippen LogP contribution is -2.28. The van der Waals surface area contributed by atoms with Gasteiger partial charge in [-0.2, -0.15) is 15.3 Å². The average molecular weight is 1240 g/mol. The molecule has 0 aromatic carbocycles. The molecule has 8 N–H and O–H groups in total. The monoisotopic (exact) mass is 1240 g/mol. The van der Waals surface area contributed by atoms with Crippen LogP contribution in [0.15, 0.2) is 43.1 Å². The normalized spacial score (nSPS) is 25.9. The maximum atomic E-state index is 11.5. The number of rotatable bonds is 8. The standard InChI is InChI=1S/C12H18N2O2S.C12H17NO2S.C12H17NO.C11H18N2O.2C10H16N2O/c1-6(2)7-4-5-8-9(10(7)15)14-12(17-8)11(16)13-3;1-6(2)8-4-5-9-10(11(8)15)13-12(16-9)7(3)14;1-8(2)10-4-3-9-5-6-13-7-11(9)12(10)14;1-7(2)8-4-5-10-9(11(8)14)6-13(3)12-10;1-7(2)8-4-6-12-9(10(8)13)3-5-11-12;1-6(2)8-4-3-7-5-11-12-9(7)10(8)13/h6-7,10,15H,4-5H2,1-3H3,(H,13,16);6,8,11,15H,4-5H2,1-3H3;5-8,10,12,14H,3-4H2,1-2H3;6-8,11,14H,4-5H2,1-3H3;3,5,7-8,10,13H,4,6H2,1-2H3;5-6,8,10,13H,3-4H2,1-2H3,(H,11,12). The van der Waals surface area contributed by atoms with Crippen LogP contribution in [0.5, 0.6) is 0 Å². The fourth-order valence-corrected chi connectivity index (χ4v) is 15.7. The van der Waals surface area contributed by atoms with Gasteiger partial charge < -0.3 is 36.0 Å². The summed E-state index contributed by atoms with van der Waals surface area (Å²) in [6, 6.07) is 3.94. The number of ketones is 1. The van der Waals surface area contributed by atoms with Crippen LogP contribution < -0.4 is 5.32 Å². The molecule has 6 aromatic heterocycles. The molecule has 0 saturated carbocycles. The first kappa shape index (κ1) is 69.4. The Hall–Kier alpha value is -5.06. The molecule has 1 amide bonds. The van der Waals surface area contributed by atoms with Gasteiger partial charge >= 0.3 is 0 Å². The second-order valence-electron chi connectivity index (χ2n) is 27.0. The molecule has 18 nitrogen and oxygen atoms in total. The second kappa shape index (κ2) is 31.1. The summed E-state index contributed by atoms with van der Waals surface area (Å²) >= 11 is 2.84. The van der Waals surface area contributed by atoms with Gasteiger partial charge in [-0.25, -0.2) is 9.97 Å². The number of aromatic amines is 1. The molecule has 87 heavy (non-hydrogen) atoms. The summed E-state index contributed by atoms with van der Waals surface area (Å²) in [6.45, 7) is 28.3. The van der Waals surface area contributed by atoms with E-state index in [2.05, 4.69) is 124 Å². The summed E-state index contributed by atoms with van der Waals surface area (Å²) in [7, 11) is 3.51. The maximum Gasteiger partial charge on any atom is 0.280 e. The van der Waals surface area contributed by atoms with Gasteiger partial charge in [-0.15, -0.1) is 22.7 Å². The molecule has 0 spiro atoms. The molecule has 6 aliphatic rings. The largest absolute Gasteiger partial charge is 0.388 e. The van der Waals surface area contributed by atoms with Gasteiger partial charge in [-0.1, -0.05) is 83.1 Å². The van der Waals surface area contributed by atoms with E-state index in [4.69, 9.17) is 0 Å². The molecule has 5 aliphatic carbocycles. The van der Waals surface area contributed by atoms with E-state index < -0.39 is 12.2 Å². The van der Waals surface area contributed by atoms with Gasteiger partial charge in [0, 0.05) is 73.2 Å². The Bertz CT molecular complexity index is 3080. The van der Waals surface area contributed by atoms with Gasteiger partial charge in [0.15, 0.2) is 15.8 Å². The molecule has 7 heterocycles. The van der Waals surface area contributed by atoms with Crippen molar-refractivity contribution in [3.05, 3.63) is 114 Å². The van der Waals surface area contributed by atoms with Gasteiger partial charge in [-0.3, -0.25) is 29.0 Å². The van der Waals surface area contributed by atoms with Crippen molar-refractivity contribution < 1.29 is 40.2 Å². The molecule has 12 unspecified atom stereocenters. The van der Waals surface area contributed by atoms with Crippen LogP contribution in [0.4, 0.5) is 0 Å². The molecule has 1 aliphatic heterocycles. The fraction of sp³-hybridized carbons (Fsp3) is 0.672. The molecule has 6 aromatic rings. The Labute approximate surface area is 524 Å². The smallest absolute Gasteiger partial charge is 0.280 e. The first-order valence-electron chi connectivity index (χ1n) is 32.0. The number of aryl methyl sites for hydroxylation is 7. The van der Waals surface area contributed by atoms with Crippen LogP contribution in [0.1, 0.15) is 245 Å². The van der Waals surface area contributed by atoms with Gasteiger partial charge in [0.1, 0.15) is 12.2 Å². The number of hydrogen-bond donors (Lipinski definition) is 8. The van der Waals surface area contributed by atoms with Crippen molar-refractivity contribution in [2.45, 2.75) is 204 Å². The number of Topliss-reactive ketones (excluding diaryl/α,β-unsaturated/α-hetero) is 1.